The summed E-state index contributed by atoms with van der Waals surface area (Å²) in [5.74, 6) is -8.75. The molecule has 3 aliphatic rings. The number of ketones is 4. The molecule has 0 saturated heterocycles. The highest BCUT2D eigenvalue weighted by Crippen LogP contribution is 2.49. The normalized spacial score (nSPS) is 26.6. The third-order valence-electron chi connectivity index (χ3n) is 7.69. The van der Waals surface area contributed by atoms with Gasteiger partial charge in [-0.1, -0.05) is 18.2 Å². The molecule has 5 rings (SSSR count). The third-order valence-corrected chi connectivity index (χ3v) is 7.69. The predicted molar refractivity (Wildman–Crippen MR) is 128 cm³/mol. The Bertz CT molecular complexity index is 1380. The zero-order valence-electron chi connectivity index (χ0n) is 19.9. The maximum atomic E-state index is 13.6. The van der Waals surface area contributed by atoms with E-state index in [0.29, 0.717) is 22.4 Å². The molecule has 10 heteroatoms. The van der Waals surface area contributed by atoms with Crippen molar-refractivity contribution in [3.05, 3.63) is 47.5 Å². The van der Waals surface area contributed by atoms with Crippen LogP contribution in [0.25, 0.3) is 11.1 Å². The van der Waals surface area contributed by atoms with Crippen molar-refractivity contribution in [2.24, 2.45) is 35.3 Å². The topological polar surface area (TPSA) is 170 Å². The number of rotatable bonds is 3. The number of phenols is 1. The summed E-state index contributed by atoms with van der Waals surface area (Å²) >= 11 is 0. The first-order valence-corrected chi connectivity index (χ1v) is 11.9. The van der Waals surface area contributed by atoms with Crippen LogP contribution >= 0.6 is 0 Å². The maximum Gasteiger partial charge on any atom is 0.412 e. The van der Waals surface area contributed by atoms with Crippen LogP contribution in [-0.2, 0) is 25.6 Å². The summed E-state index contributed by atoms with van der Waals surface area (Å²) in [6.07, 6.45) is -0.181. The smallest absolute Gasteiger partial charge is 0.412 e. The van der Waals surface area contributed by atoms with Crippen molar-refractivity contribution in [2.45, 2.75) is 19.3 Å². The summed E-state index contributed by atoms with van der Waals surface area (Å²) in [7, 11) is 1.44. The number of hydrogen-bond acceptors (Lipinski definition) is 8. The van der Waals surface area contributed by atoms with Gasteiger partial charge in [0.15, 0.2) is 29.1 Å². The number of amides is 2. The lowest BCUT2D eigenvalue weighted by Crippen LogP contribution is -2.56. The molecule has 190 valence electrons. The number of phenolic OH excluding ortho intramolecular Hbond substituents is 1. The van der Waals surface area contributed by atoms with E-state index in [1.807, 2.05) is 0 Å². The molecule has 37 heavy (non-hydrogen) atoms. The van der Waals surface area contributed by atoms with Crippen LogP contribution in [0.4, 0.5) is 4.79 Å². The summed E-state index contributed by atoms with van der Waals surface area (Å²) in [6.45, 7) is 0. The number of benzene rings is 2. The van der Waals surface area contributed by atoms with Crippen molar-refractivity contribution in [1.82, 2.24) is 5.32 Å². The fraction of sp³-hybridized carbons (Fsp3) is 0.333. The minimum atomic E-state index is -1.66. The highest BCUT2D eigenvalue weighted by Gasteiger charge is 2.57. The van der Waals surface area contributed by atoms with Gasteiger partial charge >= 0.3 is 6.09 Å². The van der Waals surface area contributed by atoms with E-state index in [0.717, 1.165) is 0 Å². The van der Waals surface area contributed by atoms with Crippen molar-refractivity contribution in [3.63, 3.8) is 0 Å². The second kappa shape index (κ2) is 8.95. The molecule has 0 radical (unpaired) electrons. The Labute approximate surface area is 211 Å². The number of carbonyl (C=O) groups is 6. The molecule has 0 spiro atoms. The van der Waals surface area contributed by atoms with Gasteiger partial charge in [0.25, 0.3) is 0 Å². The van der Waals surface area contributed by atoms with Gasteiger partial charge in [-0.25, -0.2) is 4.79 Å². The molecule has 4 N–H and O–H groups in total. The number of Topliss-reactive ketones (excluding diaryl/α,β-unsaturated/α-hetero) is 4. The zero-order chi connectivity index (χ0) is 26.6. The van der Waals surface area contributed by atoms with Gasteiger partial charge < -0.3 is 20.9 Å². The van der Waals surface area contributed by atoms with Gasteiger partial charge in [-0.2, -0.15) is 0 Å². The Balaban J connectivity index is 1.51. The quantitative estimate of drug-likeness (QED) is 0.529. The Morgan fingerprint density at radius 2 is 1.62 bits per heavy atom. The van der Waals surface area contributed by atoms with Crippen molar-refractivity contribution in [2.75, 3.05) is 7.05 Å². The van der Waals surface area contributed by atoms with Crippen molar-refractivity contribution in [1.29, 1.82) is 0 Å². The lowest BCUT2D eigenvalue weighted by atomic mass is 9.56. The summed E-state index contributed by atoms with van der Waals surface area (Å²) in [6, 6.07) is 9.68. The molecular weight excluding hydrogens is 480 g/mol. The standard InChI is InChI=1S/C27H24N2O8/c1-29-27(36)37-14-4-2-11(3-5-14)15-6-7-17(30)21-16(15)9-12-8-13-10-18(31)22(26(28)35)25(34)20(13)23(32)19(12)24(21)33/h2-7,12-13,19-20,22,30H,8-10H2,1H3,(H2,28,35)(H,29,36). The molecule has 2 saturated carbocycles. The second-order valence-electron chi connectivity index (χ2n) is 9.74. The zero-order valence-corrected chi connectivity index (χ0v) is 19.9. The molecule has 0 heterocycles. The van der Waals surface area contributed by atoms with Gasteiger partial charge in [-0.3, -0.25) is 24.0 Å². The summed E-state index contributed by atoms with van der Waals surface area (Å²) in [4.78, 5) is 75.7. The highest BCUT2D eigenvalue weighted by atomic mass is 16.5. The van der Waals surface area contributed by atoms with E-state index in [-0.39, 0.29) is 30.6 Å². The van der Waals surface area contributed by atoms with Gasteiger partial charge in [-0.15, -0.1) is 0 Å². The van der Waals surface area contributed by atoms with Gasteiger partial charge in [0, 0.05) is 13.5 Å². The number of ether oxygens (including phenoxy) is 1. The summed E-state index contributed by atoms with van der Waals surface area (Å²) < 4.78 is 5.11. The minimum Gasteiger partial charge on any atom is -0.507 e. The van der Waals surface area contributed by atoms with Crippen LogP contribution in [0.5, 0.6) is 11.5 Å². The summed E-state index contributed by atoms with van der Waals surface area (Å²) in [5, 5.41) is 13.0. The highest BCUT2D eigenvalue weighted by molar-refractivity contribution is 6.27. The molecule has 2 fully saturated rings. The number of carbonyl (C=O) groups excluding carboxylic acids is 6. The minimum absolute atomic E-state index is 0.0297. The maximum absolute atomic E-state index is 13.6. The monoisotopic (exact) mass is 504 g/mol. The molecule has 5 atom stereocenters. The van der Waals surface area contributed by atoms with Crippen LogP contribution in [0.3, 0.4) is 0 Å². The molecule has 2 aromatic rings. The van der Waals surface area contributed by atoms with Crippen LogP contribution < -0.4 is 15.8 Å². The van der Waals surface area contributed by atoms with Crippen molar-refractivity contribution in [3.8, 4) is 22.6 Å². The average Bonchev–Trinajstić information content (AvgIpc) is 2.84. The molecule has 0 aliphatic heterocycles. The first-order chi connectivity index (χ1) is 17.6. The number of hydrogen-bond donors (Lipinski definition) is 3. The van der Waals surface area contributed by atoms with Crippen LogP contribution in [0.2, 0.25) is 0 Å². The first-order valence-electron chi connectivity index (χ1n) is 11.9. The number of fused-ring (bicyclic) bond motifs is 3. The Hall–Kier alpha value is -4.34. The van der Waals surface area contributed by atoms with Crippen LogP contribution in [-0.4, -0.2) is 47.3 Å². The summed E-state index contributed by atoms with van der Waals surface area (Å²) in [5.41, 5.74) is 7.23. The predicted octanol–water partition coefficient (Wildman–Crippen LogP) is 1.60. The molecular formula is C27H24N2O8. The fourth-order valence-electron chi connectivity index (χ4n) is 6.12. The van der Waals surface area contributed by atoms with Crippen molar-refractivity contribution >= 4 is 35.1 Å². The van der Waals surface area contributed by atoms with E-state index in [9.17, 15) is 33.9 Å². The van der Waals surface area contributed by atoms with E-state index >= 15 is 0 Å². The number of primary amides is 1. The molecule has 0 bridgehead atoms. The lowest BCUT2D eigenvalue weighted by Gasteiger charge is -2.44. The third kappa shape index (κ3) is 3.89. The molecule has 5 unspecified atom stereocenters. The van der Waals surface area contributed by atoms with E-state index in [1.54, 1.807) is 30.3 Å². The van der Waals surface area contributed by atoms with Crippen LogP contribution in [0.15, 0.2) is 36.4 Å². The van der Waals surface area contributed by atoms with Crippen LogP contribution in [0, 0.1) is 29.6 Å². The molecule has 3 aliphatic carbocycles. The number of nitrogens with two attached hydrogens (primary N) is 1. The second-order valence-corrected chi connectivity index (χ2v) is 9.74. The van der Waals surface area contributed by atoms with Gasteiger partial charge in [0.05, 0.1) is 17.4 Å². The van der Waals surface area contributed by atoms with E-state index in [1.165, 1.54) is 13.1 Å². The Morgan fingerprint density at radius 1 is 0.946 bits per heavy atom. The molecule has 0 aromatic heterocycles. The first kappa shape index (κ1) is 24.4. The van der Waals surface area contributed by atoms with Crippen LogP contribution in [0.1, 0.15) is 28.8 Å². The van der Waals surface area contributed by atoms with Gasteiger partial charge in [0.2, 0.25) is 5.91 Å². The van der Waals surface area contributed by atoms with Gasteiger partial charge in [-0.05, 0) is 59.6 Å². The molecule has 2 amide bonds. The van der Waals surface area contributed by atoms with E-state index in [2.05, 4.69) is 5.32 Å². The molecule has 2 aromatic carbocycles. The Morgan fingerprint density at radius 3 is 2.27 bits per heavy atom. The Kier molecular flexibility index (Phi) is 5.89. The van der Waals surface area contributed by atoms with Crippen molar-refractivity contribution < 1.29 is 38.6 Å². The molecule has 10 nitrogen and oxygen atoms in total. The number of nitrogens with one attached hydrogen (secondary N) is 1. The number of aromatic hydroxyl groups is 1. The lowest BCUT2D eigenvalue weighted by molar-refractivity contribution is -0.152. The van der Waals surface area contributed by atoms with Gasteiger partial charge in [0.1, 0.15) is 11.5 Å². The SMILES string of the molecule is CNC(=O)Oc1ccc(-c2ccc(O)c3c2CC2CC4CC(=O)C(C(N)=O)C(=O)C4C(=O)C2C3=O)cc1. The van der Waals surface area contributed by atoms with E-state index < -0.39 is 64.7 Å². The fourth-order valence-corrected chi connectivity index (χ4v) is 6.12. The largest absolute Gasteiger partial charge is 0.507 e. The average molecular weight is 504 g/mol. The van der Waals surface area contributed by atoms with E-state index in [4.69, 9.17) is 10.5 Å².